The first kappa shape index (κ1) is 14.4. The molecule has 1 aliphatic heterocycles. The smallest absolute Gasteiger partial charge is 0.261 e. The second-order valence-corrected chi connectivity index (χ2v) is 6.29. The number of hydrogen-bond donors (Lipinski definition) is 0. The van der Waals surface area contributed by atoms with Gasteiger partial charge >= 0.3 is 0 Å². The normalized spacial score (nSPS) is 17.7. The highest BCUT2D eigenvalue weighted by Crippen LogP contribution is 2.24. The van der Waals surface area contributed by atoms with Gasteiger partial charge in [0.2, 0.25) is 0 Å². The van der Waals surface area contributed by atoms with Crippen LogP contribution in [0.25, 0.3) is 22.4 Å². The zero-order valence-electron chi connectivity index (χ0n) is 13.7. The van der Waals surface area contributed by atoms with E-state index in [2.05, 4.69) is 15.3 Å². The fourth-order valence-corrected chi connectivity index (χ4v) is 3.46. The lowest BCUT2D eigenvalue weighted by atomic mass is 10.1. The SMILES string of the molecule is Cn1c(=O)c2ccccc2n2cnc(-n3cc(C4CCOC4)nn3)c12. The van der Waals surface area contributed by atoms with Crippen molar-refractivity contribution in [2.24, 2.45) is 7.05 Å². The van der Waals surface area contributed by atoms with Crippen LogP contribution in [-0.2, 0) is 11.8 Å². The molecule has 8 nitrogen and oxygen atoms in total. The number of nitrogens with zero attached hydrogens (tertiary/aromatic N) is 6. The summed E-state index contributed by atoms with van der Waals surface area (Å²) in [6.45, 7) is 1.43. The molecule has 4 aromatic rings. The van der Waals surface area contributed by atoms with Gasteiger partial charge in [-0.15, -0.1) is 5.10 Å². The standard InChI is InChI=1S/C17H16N6O2/c1-21-16-15(23-8-13(19-20-23)11-6-7-25-9-11)18-10-22(16)14-5-3-2-4-12(14)17(21)24/h2-5,8,10-11H,6-7,9H2,1H3. The highest BCUT2D eigenvalue weighted by molar-refractivity contribution is 5.82. The summed E-state index contributed by atoms with van der Waals surface area (Å²) in [5.41, 5.74) is 2.34. The van der Waals surface area contributed by atoms with Crippen LogP contribution in [0.4, 0.5) is 0 Å². The lowest BCUT2D eigenvalue weighted by Crippen LogP contribution is -2.20. The largest absolute Gasteiger partial charge is 0.381 e. The van der Waals surface area contributed by atoms with E-state index in [9.17, 15) is 4.79 Å². The molecule has 0 aliphatic carbocycles. The predicted molar refractivity (Wildman–Crippen MR) is 91.0 cm³/mol. The van der Waals surface area contributed by atoms with E-state index >= 15 is 0 Å². The number of rotatable bonds is 2. The summed E-state index contributed by atoms with van der Waals surface area (Å²) in [6, 6.07) is 7.51. The molecule has 3 aromatic heterocycles. The molecule has 1 aromatic carbocycles. The summed E-state index contributed by atoms with van der Waals surface area (Å²) >= 11 is 0. The first-order valence-electron chi connectivity index (χ1n) is 8.19. The van der Waals surface area contributed by atoms with Crippen molar-refractivity contribution in [3.63, 3.8) is 0 Å². The van der Waals surface area contributed by atoms with Gasteiger partial charge in [0.15, 0.2) is 11.5 Å². The third-order valence-corrected chi connectivity index (χ3v) is 4.82. The molecule has 0 radical (unpaired) electrons. The molecule has 25 heavy (non-hydrogen) atoms. The molecule has 1 unspecified atom stereocenters. The highest BCUT2D eigenvalue weighted by Gasteiger charge is 2.22. The van der Waals surface area contributed by atoms with Crippen molar-refractivity contribution in [3.05, 3.63) is 52.8 Å². The average Bonchev–Trinajstić information content (AvgIpc) is 3.38. The average molecular weight is 336 g/mol. The van der Waals surface area contributed by atoms with Gasteiger partial charge in [-0.2, -0.15) is 4.68 Å². The molecule has 0 N–H and O–H groups in total. The van der Waals surface area contributed by atoms with Gasteiger partial charge in [0.05, 0.1) is 29.4 Å². The Morgan fingerprint density at radius 2 is 2.16 bits per heavy atom. The Balaban J connectivity index is 1.74. The molecule has 1 atom stereocenters. The number of benzene rings is 1. The van der Waals surface area contributed by atoms with Crippen LogP contribution in [-0.4, -0.2) is 42.2 Å². The molecule has 1 saturated heterocycles. The van der Waals surface area contributed by atoms with E-state index < -0.39 is 0 Å². The molecule has 1 aliphatic rings. The van der Waals surface area contributed by atoms with Gasteiger partial charge in [0.1, 0.15) is 6.33 Å². The van der Waals surface area contributed by atoms with E-state index in [0.717, 1.165) is 24.2 Å². The minimum absolute atomic E-state index is 0.0608. The summed E-state index contributed by atoms with van der Waals surface area (Å²) in [5, 5.41) is 9.15. The molecule has 8 heteroatoms. The minimum atomic E-state index is -0.0608. The van der Waals surface area contributed by atoms with Crippen molar-refractivity contribution < 1.29 is 4.74 Å². The van der Waals surface area contributed by atoms with Gasteiger partial charge in [-0.3, -0.25) is 13.8 Å². The minimum Gasteiger partial charge on any atom is -0.381 e. The zero-order chi connectivity index (χ0) is 17.0. The summed E-state index contributed by atoms with van der Waals surface area (Å²) in [7, 11) is 1.75. The maximum Gasteiger partial charge on any atom is 0.261 e. The van der Waals surface area contributed by atoms with Crippen LogP contribution in [0, 0.1) is 0 Å². The maximum absolute atomic E-state index is 12.7. The second-order valence-electron chi connectivity index (χ2n) is 6.29. The molecular formula is C17H16N6O2. The number of imidazole rings is 1. The fourth-order valence-electron chi connectivity index (χ4n) is 3.46. The predicted octanol–water partition coefficient (Wildman–Crippen LogP) is 1.27. The summed E-state index contributed by atoms with van der Waals surface area (Å²) in [5.74, 6) is 0.857. The zero-order valence-corrected chi connectivity index (χ0v) is 13.7. The molecule has 0 bridgehead atoms. The second kappa shape index (κ2) is 5.25. The lowest BCUT2D eigenvalue weighted by Gasteiger charge is -2.08. The van der Waals surface area contributed by atoms with E-state index in [4.69, 9.17) is 4.74 Å². The third kappa shape index (κ3) is 2.04. The Bertz CT molecular complexity index is 1150. The van der Waals surface area contributed by atoms with Crippen molar-refractivity contribution in [1.29, 1.82) is 0 Å². The highest BCUT2D eigenvalue weighted by atomic mass is 16.5. The number of aromatic nitrogens is 6. The summed E-state index contributed by atoms with van der Waals surface area (Å²) in [6.07, 6.45) is 4.54. The van der Waals surface area contributed by atoms with Crippen LogP contribution in [0.1, 0.15) is 18.0 Å². The Morgan fingerprint density at radius 1 is 1.28 bits per heavy atom. The molecule has 126 valence electrons. The lowest BCUT2D eigenvalue weighted by molar-refractivity contribution is 0.193. The number of fused-ring (bicyclic) bond motifs is 3. The van der Waals surface area contributed by atoms with Gasteiger partial charge in [0, 0.05) is 19.6 Å². The monoisotopic (exact) mass is 336 g/mol. The van der Waals surface area contributed by atoms with Crippen molar-refractivity contribution >= 4 is 16.6 Å². The van der Waals surface area contributed by atoms with E-state index in [1.807, 2.05) is 34.9 Å². The topological polar surface area (TPSA) is 79.2 Å². The van der Waals surface area contributed by atoms with Crippen molar-refractivity contribution in [3.8, 4) is 5.82 Å². The third-order valence-electron chi connectivity index (χ3n) is 4.82. The number of ether oxygens (including phenoxy) is 1. The first-order chi connectivity index (χ1) is 12.2. The molecule has 1 fully saturated rings. The van der Waals surface area contributed by atoms with E-state index in [1.54, 1.807) is 22.6 Å². The molecule has 0 saturated carbocycles. The van der Waals surface area contributed by atoms with Crippen LogP contribution in [0.5, 0.6) is 0 Å². The molecule has 5 rings (SSSR count). The van der Waals surface area contributed by atoms with Gasteiger partial charge < -0.3 is 4.74 Å². The fraction of sp³-hybridized carbons (Fsp3) is 0.294. The van der Waals surface area contributed by atoms with E-state index in [0.29, 0.717) is 23.5 Å². The van der Waals surface area contributed by atoms with Crippen molar-refractivity contribution in [1.82, 2.24) is 28.9 Å². The Labute approximate surface area is 142 Å². The molecular weight excluding hydrogens is 320 g/mol. The van der Waals surface area contributed by atoms with Crippen LogP contribution < -0.4 is 5.56 Å². The first-order valence-corrected chi connectivity index (χ1v) is 8.19. The van der Waals surface area contributed by atoms with Crippen molar-refractivity contribution in [2.45, 2.75) is 12.3 Å². The number of aryl methyl sites for hydroxylation is 1. The van der Waals surface area contributed by atoms with Crippen LogP contribution in [0.2, 0.25) is 0 Å². The quantitative estimate of drug-likeness (QED) is 0.551. The Morgan fingerprint density at radius 3 is 3.00 bits per heavy atom. The maximum atomic E-state index is 12.7. The molecule has 0 spiro atoms. The van der Waals surface area contributed by atoms with Crippen LogP contribution in [0.15, 0.2) is 41.6 Å². The van der Waals surface area contributed by atoms with Crippen LogP contribution in [0.3, 0.4) is 0 Å². The van der Waals surface area contributed by atoms with Crippen molar-refractivity contribution in [2.75, 3.05) is 13.2 Å². The summed E-state index contributed by atoms with van der Waals surface area (Å²) < 4.78 is 10.6. The number of para-hydroxylation sites is 1. The molecule has 0 amide bonds. The number of hydrogen-bond acceptors (Lipinski definition) is 5. The van der Waals surface area contributed by atoms with E-state index in [1.165, 1.54) is 0 Å². The van der Waals surface area contributed by atoms with Gasteiger partial charge in [-0.05, 0) is 18.6 Å². The van der Waals surface area contributed by atoms with Gasteiger partial charge in [0.25, 0.3) is 5.56 Å². The van der Waals surface area contributed by atoms with E-state index in [-0.39, 0.29) is 11.5 Å². The Hall–Kier alpha value is -3.00. The van der Waals surface area contributed by atoms with Gasteiger partial charge in [-0.1, -0.05) is 17.3 Å². The molecule has 4 heterocycles. The summed E-state index contributed by atoms with van der Waals surface area (Å²) in [4.78, 5) is 17.2. The Kier molecular flexibility index (Phi) is 3.01. The van der Waals surface area contributed by atoms with Gasteiger partial charge in [-0.25, -0.2) is 4.98 Å². The van der Waals surface area contributed by atoms with Crippen LogP contribution >= 0.6 is 0 Å².